The summed E-state index contributed by atoms with van der Waals surface area (Å²) in [6.45, 7) is 3.88. The SMILES string of the molecule is Cc1ncn(C(CC(=O)O)c2ccccc2)c1C. The summed E-state index contributed by atoms with van der Waals surface area (Å²) in [6, 6.07) is 9.45. The van der Waals surface area contributed by atoms with Crippen LogP contribution >= 0.6 is 0 Å². The summed E-state index contributed by atoms with van der Waals surface area (Å²) in [7, 11) is 0. The molecule has 0 saturated carbocycles. The fourth-order valence-electron chi connectivity index (χ4n) is 2.05. The third kappa shape index (κ3) is 2.42. The Morgan fingerprint density at radius 1 is 1.33 bits per heavy atom. The molecule has 1 N–H and O–H groups in total. The van der Waals surface area contributed by atoms with Gasteiger partial charge in [-0.25, -0.2) is 4.98 Å². The van der Waals surface area contributed by atoms with E-state index in [1.165, 1.54) is 0 Å². The van der Waals surface area contributed by atoms with Gasteiger partial charge in [0, 0.05) is 5.69 Å². The van der Waals surface area contributed by atoms with Gasteiger partial charge in [-0.15, -0.1) is 0 Å². The lowest BCUT2D eigenvalue weighted by Crippen LogP contribution is -2.15. The van der Waals surface area contributed by atoms with Gasteiger partial charge in [0.1, 0.15) is 0 Å². The summed E-state index contributed by atoms with van der Waals surface area (Å²) in [6.07, 6.45) is 1.77. The number of rotatable bonds is 4. The molecule has 4 nitrogen and oxygen atoms in total. The molecular formula is C14H16N2O2. The Morgan fingerprint density at radius 3 is 2.50 bits per heavy atom. The van der Waals surface area contributed by atoms with Crippen LogP contribution in [0.5, 0.6) is 0 Å². The maximum atomic E-state index is 11.0. The maximum absolute atomic E-state index is 11.0. The molecule has 0 saturated heterocycles. The van der Waals surface area contributed by atoms with Crippen LogP contribution in [0.3, 0.4) is 0 Å². The van der Waals surface area contributed by atoms with Crippen LogP contribution in [0.25, 0.3) is 0 Å². The van der Waals surface area contributed by atoms with Crippen LogP contribution in [0.1, 0.15) is 29.4 Å². The van der Waals surface area contributed by atoms with E-state index in [0.29, 0.717) is 0 Å². The lowest BCUT2D eigenvalue weighted by atomic mass is 10.0. The van der Waals surface area contributed by atoms with Crippen molar-refractivity contribution in [2.45, 2.75) is 26.3 Å². The monoisotopic (exact) mass is 244 g/mol. The van der Waals surface area contributed by atoms with E-state index in [1.54, 1.807) is 6.33 Å². The number of benzene rings is 1. The molecular weight excluding hydrogens is 228 g/mol. The number of hydrogen-bond donors (Lipinski definition) is 1. The molecule has 0 amide bonds. The second kappa shape index (κ2) is 5.04. The predicted molar refractivity (Wildman–Crippen MR) is 68.5 cm³/mol. The number of carbonyl (C=O) groups is 1. The van der Waals surface area contributed by atoms with Crippen LogP contribution in [-0.4, -0.2) is 20.6 Å². The van der Waals surface area contributed by atoms with Gasteiger partial charge in [0.25, 0.3) is 0 Å². The minimum Gasteiger partial charge on any atom is -0.481 e. The number of aryl methyl sites for hydroxylation is 1. The van der Waals surface area contributed by atoms with Crippen LogP contribution in [0.15, 0.2) is 36.7 Å². The van der Waals surface area contributed by atoms with Gasteiger partial charge in [-0.2, -0.15) is 0 Å². The van der Waals surface area contributed by atoms with E-state index >= 15 is 0 Å². The largest absolute Gasteiger partial charge is 0.481 e. The maximum Gasteiger partial charge on any atom is 0.305 e. The fraction of sp³-hybridized carbons (Fsp3) is 0.286. The third-order valence-corrected chi connectivity index (χ3v) is 3.17. The molecule has 1 atom stereocenters. The molecule has 0 fully saturated rings. The highest BCUT2D eigenvalue weighted by atomic mass is 16.4. The van der Waals surface area contributed by atoms with E-state index in [4.69, 9.17) is 5.11 Å². The minimum atomic E-state index is -0.811. The number of aromatic nitrogens is 2. The summed E-state index contributed by atoms with van der Waals surface area (Å²) in [5, 5.41) is 9.07. The quantitative estimate of drug-likeness (QED) is 0.899. The van der Waals surface area contributed by atoms with Crippen molar-refractivity contribution in [2.24, 2.45) is 0 Å². The standard InChI is InChI=1S/C14H16N2O2/c1-10-11(2)16(9-15-10)13(8-14(17)18)12-6-4-3-5-7-12/h3-7,9,13H,8H2,1-2H3,(H,17,18). The molecule has 1 aromatic heterocycles. The highest BCUT2D eigenvalue weighted by Crippen LogP contribution is 2.24. The fourth-order valence-corrected chi connectivity index (χ4v) is 2.05. The molecule has 1 unspecified atom stereocenters. The van der Waals surface area contributed by atoms with E-state index in [-0.39, 0.29) is 12.5 Å². The summed E-state index contributed by atoms with van der Waals surface area (Å²) in [5.41, 5.74) is 2.92. The first-order valence-corrected chi connectivity index (χ1v) is 5.86. The van der Waals surface area contributed by atoms with Crippen molar-refractivity contribution in [1.82, 2.24) is 9.55 Å². The van der Waals surface area contributed by atoms with E-state index in [1.807, 2.05) is 48.7 Å². The highest BCUT2D eigenvalue weighted by molar-refractivity contribution is 5.68. The van der Waals surface area contributed by atoms with Crippen LogP contribution in [-0.2, 0) is 4.79 Å². The molecule has 0 aliphatic heterocycles. The molecule has 94 valence electrons. The van der Waals surface area contributed by atoms with Gasteiger partial charge in [0.05, 0.1) is 24.5 Å². The average molecular weight is 244 g/mol. The van der Waals surface area contributed by atoms with Crippen molar-refractivity contribution in [1.29, 1.82) is 0 Å². The van der Waals surface area contributed by atoms with Gasteiger partial charge in [0.15, 0.2) is 0 Å². The predicted octanol–water partition coefficient (Wildman–Crippen LogP) is 2.56. The van der Waals surface area contributed by atoms with E-state index in [0.717, 1.165) is 17.0 Å². The molecule has 18 heavy (non-hydrogen) atoms. The van der Waals surface area contributed by atoms with Crippen molar-refractivity contribution in [3.8, 4) is 0 Å². The number of carboxylic acids is 1. The Balaban J connectivity index is 2.43. The molecule has 1 heterocycles. The van der Waals surface area contributed by atoms with Crippen molar-refractivity contribution in [2.75, 3.05) is 0 Å². The van der Waals surface area contributed by atoms with Gasteiger partial charge in [-0.3, -0.25) is 4.79 Å². The van der Waals surface area contributed by atoms with Crippen LogP contribution < -0.4 is 0 Å². The van der Waals surface area contributed by atoms with Gasteiger partial charge in [-0.1, -0.05) is 30.3 Å². The summed E-state index contributed by atoms with van der Waals surface area (Å²) in [4.78, 5) is 15.3. The molecule has 2 rings (SSSR count). The Kier molecular flexibility index (Phi) is 3.46. The van der Waals surface area contributed by atoms with Crippen LogP contribution in [0, 0.1) is 13.8 Å². The smallest absolute Gasteiger partial charge is 0.305 e. The zero-order valence-corrected chi connectivity index (χ0v) is 10.5. The van der Waals surface area contributed by atoms with E-state index in [9.17, 15) is 4.79 Å². The molecule has 0 aliphatic carbocycles. The number of nitrogens with zero attached hydrogens (tertiary/aromatic N) is 2. The van der Waals surface area contributed by atoms with Crippen molar-refractivity contribution in [3.05, 3.63) is 53.6 Å². The van der Waals surface area contributed by atoms with Gasteiger partial charge in [-0.05, 0) is 19.4 Å². The van der Waals surface area contributed by atoms with E-state index < -0.39 is 5.97 Å². The second-order valence-electron chi connectivity index (χ2n) is 4.35. The van der Waals surface area contributed by atoms with E-state index in [2.05, 4.69) is 4.98 Å². The molecule has 0 radical (unpaired) electrons. The molecule has 1 aromatic carbocycles. The second-order valence-corrected chi connectivity index (χ2v) is 4.35. The Labute approximate surface area is 106 Å². The number of carboxylic acid groups (broad SMARTS) is 1. The lowest BCUT2D eigenvalue weighted by molar-refractivity contribution is -0.137. The number of imidazole rings is 1. The van der Waals surface area contributed by atoms with Gasteiger partial charge < -0.3 is 9.67 Å². The van der Waals surface area contributed by atoms with Crippen molar-refractivity contribution < 1.29 is 9.90 Å². The Hall–Kier alpha value is -2.10. The Morgan fingerprint density at radius 2 is 2.00 bits per heavy atom. The topological polar surface area (TPSA) is 55.1 Å². The normalized spacial score (nSPS) is 12.3. The first-order chi connectivity index (χ1) is 8.59. The first kappa shape index (κ1) is 12.4. The molecule has 2 aromatic rings. The summed E-state index contributed by atoms with van der Waals surface area (Å²) < 4.78 is 1.93. The highest BCUT2D eigenvalue weighted by Gasteiger charge is 2.19. The molecule has 4 heteroatoms. The van der Waals surface area contributed by atoms with Crippen molar-refractivity contribution in [3.63, 3.8) is 0 Å². The molecule has 0 aliphatic rings. The number of aliphatic carboxylic acids is 1. The van der Waals surface area contributed by atoms with Crippen molar-refractivity contribution >= 4 is 5.97 Å². The van der Waals surface area contributed by atoms with Gasteiger partial charge >= 0.3 is 5.97 Å². The average Bonchev–Trinajstić information content (AvgIpc) is 2.68. The zero-order valence-electron chi connectivity index (χ0n) is 10.5. The molecule has 0 bridgehead atoms. The summed E-state index contributed by atoms with van der Waals surface area (Å²) in [5.74, 6) is -0.811. The van der Waals surface area contributed by atoms with Crippen LogP contribution in [0.2, 0.25) is 0 Å². The number of hydrogen-bond acceptors (Lipinski definition) is 2. The molecule has 0 spiro atoms. The zero-order chi connectivity index (χ0) is 13.1. The first-order valence-electron chi connectivity index (χ1n) is 5.86. The summed E-state index contributed by atoms with van der Waals surface area (Å²) >= 11 is 0. The van der Waals surface area contributed by atoms with Crippen LogP contribution in [0.4, 0.5) is 0 Å². The lowest BCUT2D eigenvalue weighted by Gasteiger charge is -2.19. The Bertz CT molecular complexity index is 546. The minimum absolute atomic E-state index is 0.0562. The third-order valence-electron chi connectivity index (χ3n) is 3.17. The van der Waals surface area contributed by atoms with Gasteiger partial charge in [0.2, 0.25) is 0 Å².